The molecular formula is C24H25BrN4O2. The van der Waals surface area contributed by atoms with Crippen LogP contribution >= 0.6 is 15.9 Å². The van der Waals surface area contributed by atoms with Crippen molar-refractivity contribution in [2.75, 3.05) is 19.6 Å². The Bertz CT molecular complexity index is 1080. The van der Waals surface area contributed by atoms with Gasteiger partial charge in [-0.25, -0.2) is 4.98 Å². The first kappa shape index (κ1) is 21.4. The zero-order valence-electron chi connectivity index (χ0n) is 17.3. The summed E-state index contributed by atoms with van der Waals surface area (Å²) in [6, 6.07) is 11.2. The van der Waals surface area contributed by atoms with E-state index in [0.29, 0.717) is 24.2 Å². The molecule has 3 heterocycles. The summed E-state index contributed by atoms with van der Waals surface area (Å²) < 4.78 is 0.879. The van der Waals surface area contributed by atoms with Gasteiger partial charge in [-0.1, -0.05) is 28.8 Å². The van der Waals surface area contributed by atoms with Gasteiger partial charge in [-0.05, 0) is 49.2 Å². The highest BCUT2D eigenvalue weighted by Crippen LogP contribution is 2.27. The Hall–Kier alpha value is -2.80. The van der Waals surface area contributed by atoms with E-state index in [9.17, 15) is 9.59 Å². The van der Waals surface area contributed by atoms with E-state index < -0.39 is 0 Å². The quantitative estimate of drug-likeness (QED) is 0.579. The Kier molecular flexibility index (Phi) is 6.92. The van der Waals surface area contributed by atoms with E-state index in [0.717, 1.165) is 46.9 Å². The number of carbonyl (C=O) groups excluding carboxylic acids is 2. The van der Waals surface area contributed by atoms with Crippen molar-refractivity contribution < 1.29 is 9.59 Å². The molecule has 6 nitrogen and oxygen atoms in total. The number of aromatic nitrogens is 2. The molecule has 3 aromatic rings. The molecule has 7 heteroatoms. The molecule has 2 amide bonds. The van der Waals surface area contributed by atoms with E-state index >= 15 is 0 Å². The lowest BCUT2D eigenvalue weighted by molar-refractivity contribution is -0.131. The first-order valence-electron chi connectivity index (χ1n) is 10.7. The maximum Gasteiger partial charge on any atom is 0.252 e. The van der Waals surface area contributed by atoms with E-state index in [1.54, 1.807) is 18.5 Å². The Balaban J connectivity index is 1.52. The van der Waals surface area contributed by atoms with Gasteiger partial charge in [-0.2, -0.15) is 0 Å². The molecule has 1 aliphatic heterocycles. The van der Waals surface area contributed by atoms with Crippen LogP contribution in [0.25, 0.3) is 22.2 Å². The van der Waals surface area contributed by atoms with Crippen LogP contribution in [-0.4, -0.2) is 46.3 Å². The molecule has 31 heavy (non-hydrogen) atoms. The SMILES string of the molecule is O=C(NCCC(=O)N1CCCCCC1)c1cc(-c2ccncc2)nc2ccc(Br)cc12. The van der Waals surface area contributed by atoms with Crippen LogP contribution < -0.4 is 5.32 Å². The minimum Gasteiger partial charge on any atom is -0.351 e. The van der Waals surface area contributed by atoms with Crippen LogP contribution in [0.4, 0.5) is 0 Å². The first-order valence-corrected chi connectivity index (χ1v) is 11.5. The van der Waals surface area contributed by atoms with Crippen molar-refractivity contribution in [1.29, 1.82) is 0 Å². The van der Waals surface area contributed by atoms with E-state index in [4.69, 9.17) is 4.98 Å². The molecule has 0 radical (unpaired) electrons. The lowest BCUT2D eigenvalue weighted by atomic mass is 10.0. The fraction of sp³-hybridized carbons (Fsp3) is 0.333. The second-order valence-electron chi connectivity index (χ2n) is 7.75. The molecule has 1 aliphatic rings. The lowest BCUT2D eigenvalue weighted by Crippen LogP contribution is -2.35. The van der Waals surface area contributed by atoms with Crippen molar-refractivity contribution in [3.8, 4) is 11.3 Å². The van der Waals surface area contributed by atoms with Crippen molar-refractivity contribution in [1.82, 2.24) is 20.2 Å². The summed E-state index contributed by atoms with van der Waals surface area (Å²) in [6.45, 7) is 1.97. The van der Waals surface area contributed by atoms with Gasteiger partial charge in [-0.3, -0.25) is 14.6 Å². The van der Waals surface area contributed by atoms with Gasteiger partial charge >= 0.3 is 0 Å². The minimum atomic E-state index is -0.204. The van der Waals surface area contributed by atoms with Crippen LogP contribution in [0.15, 0.2) is 53.3 Å². The topological polar surface area (TPSA) is 75.2 Å². The van der Waals surface area contributed by atoms with Crippen LogP contribution in [0, 0.1) is 0 Å². The molecule has 1 fully saturated rings. The third-order valence-electron chi connectivity index (χ3n) is 5.57. The number of rotatable bonds is 5. The summed E-state index contributed by atoms with van der Waals surface area (Å²) >= 11 is 3.48. The molecule has 1 saturated heterocycles. The molecule has 0 unspecified atom stereocenters. The van der Waals surface area contributed by atoms with Crippen LogP contribution in [0.1, 0.15) is 42.5 Å². The fourth-order valence-electron chi connectivity index (χ4n) is 3.91. The van der Waals surface area contributed by atoms with Crippen molar-refractivity contribution in [3.63, 3.8) is 0 Å². The molecule has 0 saturated carbocycles. The summed E-state index contributed by atoms with van der Waals surface area (Å²) in [5.74, 6) is -0.0912. The smallest absolute Gasteiger partial charge is 0.252 e. The third kappa shape index (κ3) is 5.28. The maximum atomic E-state index is 13.1. The number of hydrogen-bond acceptors (Lipinski definition) is 4. The van der Waals surface area contributed by atoms with Crippen LogP contribution in [0.2, 0.25) is 0 Å². The predicted molar refractivity (Wildman–Crippen MR) is 125 cm³/mol. The van der Waals surface area contributed by atoms with Gasteiger partial charge < -0.3 is 10.2 Å². The van der Waals surface area contributed by atoms with Gasteiger partial charge in [0.1, 0.15) is 0 Å². The third-order valence-corrected chi connectivity index (χ3v) is 6.07. The largest absolute Gasteiger partial charge is 0.351 e. The zero-order chi connectivity index (χ0) is 21.6. The number of nitrogens with zero attached hydrogens (tertiary/aromatic N) is 3. The van der Waals surface area contributed by atoms with E-state index in [2.05, 4.69) is 26.2 Å². The van der Waals surface area contributed by atoms with Gasteiger partial charge in [0.15, 0.2) is 0 Å². The Morgan fingerprint density at radius 2 is 1.74 bits per heavy atom. The Morgan fingerprint density at radius 1 is 1.00 bits per heavy atom. The van der Waals surface area contributed by atoms with Gasteiger partial charge in [0.2, 0.25) is 5.91 Å². The van der Waals surface area contributed by atoms with E-state index in [1.807, 2.05) is 35.2 Å². The highest BCUT2D eigenvalue weighted by Gasteiger charge is 2.17. The number of nitrogens with one attached hydrogen (secondary N) is 1. The fourth-order valence-corrected chi connectivity index (χ4v) is 4.27. The highest BCUT2D eigenvalue weighted by atomic mass is 79.9. The van der Waals surface area contributed by atoms with Gasteiger partial charge in [0.25, 0.3) is 5.91 Å². The van der Waals surface area contributed by atoms with Crippen LogP contribution in [-0.2, 0) is 4.79 Å². The summed E-state index contributed by atoms with van der Waals surface area (Å²) in [5, 5.41) is 3.70. The Morgan fingerprint density at radius 3 is 2.48 bits per heavy atom. The monoisotopic (exact) mass is 480 g/mol. The summed E-state index contributed by atoms with van der Waals surface area (Å²) in [5.41, 5.74) is 2.89. The molecule has 1 N–H and O–H groups in total. The second-order valence-corrected chi connectivity index (χ2v) is 8.67. The molecule has 2 aromatic heterocycles. The molecule has 0 bridgehead atoms. The number of carbonyl (C=O) groups is 2. The van der Waals surface area contributed by atoms with Gasteiger partial charge in [-0.15, -0.1) is 0 Å². The number of pyridine rings is 2. The number of benzene rings is 1. The molecule has 0 atom stereocenters. The molecule has 160 valence electrons. The number of fused-ring (bicyclic) bond motifs is 1. The standard InChI is InChI=1S/C24H25BrN4O2/c25-18-5-6-21-19(15-18)20(16-22(28-21)17-7-10-26-11-8-17)24(31)27-12-9-23(30)29-13-3-1-2-4-14-29/h5-8,10-11,15-16H,1-4,9,12-14H2,(H,27,31). The first-order chi connectivity index (χ1) is 15.1. The summed E-state index contributed by atoms with van der Waals surface area (Å²) in [7, 11) is 0. The van der Waals surface area contributed by atoms with Crippen molar-refractivity contribution in [2.24, 2.45) is 0 Å². The van der Waals surface area contributed by atoms with Gasteiger partial charge in [0, 0.05) is 53.9 Å². The predicted octanol–water partition coefficient (Wildman–Crippen LogP) is 4.58. The molecule has 0 aliphatic carbocycles. The number of likely N-dealkylation sites (tertiary alicyclic amines) is 1. The summed E-state index contributed by atoms with van der Waals surface area (Å²) in [6.07, 6.45) is 8.22. The van der Waals surface area contributed by atoms with Crippen molar-refractivity contribution in [3.05, 3.63) is 58.8 Å². The second kappa shape index (κ2) is 10.0. The normalized spacial score (nSPS) is 14.3. The van der Waals surface area contributed by atoms with E-state index in [1.165, 1.54) is 12.8 Å². The van der Waals surface area contributed by atoms with Crippen LogP contribution in [0.5, 0.6) is 0 Å². The van der Waals surface area contributed by atoms with Crippen molar-refractivity contribution in [2.45, 2.75) is 32.1 Å². The van der Waals surface area contributed by atoms with E-state index in [-0.39, 0.29) is 11.8 Å². The van der Waals surface area contributed by atoms with Crippen molar-refractivity contribution >= 4 is 38.6 Å². The van der Waals surface area contributed by atoms with Gasteiger partial charge in [0.05, 0.1) is 16.8 Å². The zero-order valence-corrected chi connectivity index (χ0v) is 18.9. The average molecular weight is 481 g/mol. The minimum absolute atomic E-state index is 0.113. The number of hydrogen-bond donors (Lipinski definition) is 1. The molecular weight excluding hydrogens is 456 g/mol. The number of amides is 2. The Labute approximate surface area is 190 Å². The lowest BCUT2D eigenvalue weighted by Gasteiger charge is -2.20. The average Bonchev–Trinajstić information content (AvgIpc) is 3.08. The summed E-state index contributed by atoms with van der Waals surface area (Å²) in [4.78, 5) is 36.3. The number of halogens is 1. The van der Waals surface area contributed by atoms with Crippen LogP contribution in [0.3, 0.4) is 0 Å². The highest BCUT2D eigenvalue weighted by molar-refractivity contribution is 9.10. The molecule has 0 spiro atoms. The molecule has 1 aromatic carbocycles. The maximum absolute atomic E-state index is 13.1. The molecule has 4 rings (SSSR count).